The summed E-state index contributed by atoms with van der Waals surface area (Å²) >= 11 is 6.16. The summed E-state index contributed by atoms with van der Waals surface area (Å²) in [5, 5.41) is 0.418. The second-order valence-electron chi connectivity index (χ2n) is 5.86. The highest BCUT2D eigenvalue weighted by Crippen LogP contribution is 2.39. The molecule has 26 heavy (non-hydrogen) atoms. The molecule has 0 fully saturated rings. The SMILES string of the molecule is COc1ccc(C2=CCC=C2c2cc(F)c(S(C)(=O)=O)c(F)c2)cc1Cl. The molecular weight excluding hydrogens is 382 g/mol. The van der Waals surface area contributed by atoms with E-state index < -0.39 is 26.4 Å². The largest absolute Gasteiger partial charge is 0.495 e. The average Bonchev–Trinajstić information content (AvgIpc) is 3.02. The molecule has 0 atom stereocenters. The van der Waals surface area contributed by atoms with E-state index in [1.807, 2.05) is 12.2 Å². The zero-order valence-electron chi connectivity index (χ0n) is 14.0. The van der Waals surface area contributed by atoms with Crippen LogP contribution in [0.15, 0.2) is 47.4 Å². The van der Waals surface area contributed by atoms with Crippen LogP contribution in [-0.2, 0) is 9.84 Å². The standard InChI is InChI=1S/C19H15ClF2O3S/c1-25-18-7-6-11(8-15(18)20)13-4-3-5-14(13)12-9-16(21)19(17(22)10-12)26(2,23)24/h4-10H,3H2,1-2H3. The van der Waals surface area contributed by atoms with E-state index in [4.69, 9.17) is 16.3 Å². The molecule has 0 radical (unpaired) electrons. The lowest BCUT2D eigenvalue weighted by Gasteiger charge is -2.13. The van der Waals surface area contributed by atoms with Gasteiger partial charge in [0.2, 0.25) is 0 Å². The van der Waals surface area contributed by atoms with Gasteiger partial charge in [0.05, 0.1) is 12.1 Å². The third-order valence-electron chi connectivity index (χ3n) is 4.08. The minimum absolute atomic E-state index is 0.267. The lowest BCUT2D eigenvalue weighted by Crippen LogP contribution is -2.05. The van der Waals surface area contributed by atoms with E-state index in [0.717, 1.165) is 29.5 Å². The van der Waals surface area contributed by atoms with Crippen LogP contribution in [-0.4, -0.2) is 21.8 Å². The maximum absolute atomic E-state index is 14.2. The molecule has 0 bridgehead atoms. The van der Waals surface area contributed by atoms with Crippen molar-refractivity contribution in [3.05, 3.63) is 70.3 Å². The predicted molar refractivity (Wildman–Crippen MR) is 98.0 cm³/mol. The first-order chi connectivity index (χ1) is 12.2. The average molecular weight is 397 g/mol. The van der Waals surface area contributed by atoms with Gasteiger partial charge in [0.25, 0.3) is 0 Å². The van der Waals surface area contributed by atoms with Crippen molar-refractivity contribution in [1.29, 1.82) is 0 Å². The van der Waals surface area contributed by atoms with Crippen molar-refractivity contribution in [2.45, 2.75) is 11.3 Å². The first kappa shape index (κ1) is 18.6. The fourth-order valence-corrected chi connectivity index (χ4v) is 4.05. The summed E-state index contributed by atoms with van der Waals surface area (Å²) in [5.41, 5.74) is 2.42. The fraction of sp³-hybridized carbons (Fsp3) is 0.158. The Hall–Kier alpha value is -2.18. The van der Waals surface area contributed by atoms with Gasteiger partial charge in [-0.25, -0.2) is 17.2 Å². The number of hydrogen-bond donors (Lipinski definition) is 0. The minimum atomic E-state index is -4.00. The molecule has 7 heteroatoms. The topological polar surface area (TPSA) is 43.4 Å². The van der Waals surface area contributed by atoms with E-state index in [1.54, 1.807) is 18.2 Å². The molecule has 2 aromatic carbocycles. The minimum Gasteiger partial charge on any atom is -0.495 e. The van der Waals surface area contributed by atoms with Crippen molar-refractivity contribution in [2.24, 2.45) is 0 Å². The normalized spacial score (nSPS) is 14.2. The highest BCUT2D eigenvalue weighted by Gasteiger charge is 2.23. The van der Waals surface area contributed by atoms with Crippen molar-refractivity contribution >= 4 is 32.6 Å². The number of ether oxygens (including phenoxy) is 1. The first-order valence-electron chi connectivity index (χ1n) is 7.66. The summed E-state index contributed by atoms with van der Waals surface area (Å²) < 4.78 is 56.7. The summed E-state index contributed by atoms with van der Waals surface area (Å²) in [6.07, 6.45) is 5.09. The zero-order chi connectivity index (χ0) is 19.1. The van der Waals surface area contributed by atoms with Crippen molar-refractivity contribution < 1.29 is 21.9 Å². The van der Waals surface area contributed by atoms with Crippen molar-refractivity contribution in [3.63, 3.8) is 0 Å². The van der Waals surface area contributed by atoms with Gasteiger partial charge in [-0.3, -0.25) is 0 Å². The molecule has 0 N–H and O–H groups in total. The van der Waals surface area contributed by atoms with E-state index >= 15 is 0 Å². The van der Waals surface area contributed by atoms with E-state index in [2.05, 4.69) is 0 Å². The predicted octanol–water partition coefficient (Wildman–Crippen LogP) is 4.90. The molecule has 0 amide bonds. The number of hydrogen-bond acceptors (Lipinski definition) is 3. The highest BCUT2D eigenvalue weighted by atomic mass is 35.5. The Kier molecular flexibility index (Phi) is 4.90. The van der Waals surface area contributed by atoms with Crippen LogP contribution < -0.4 is 4.74 Å². The maximum atomic E-state index is 14.2. The summed E-state index contributed by atoms with van der Waals surface area (Å²) in [4.78, 5) is -0.919. The number of rotatable bonds is 4. The fourth-order valence-electron chi connectivity index (χ4n) is 2.96. The number of halogens is 3. The zero-order valence-corrected chi connectivity index (χ0v) is 15.6. The molecule has 136 valence electrons. The van der Waals surface area contributed by atoms with Crippen LogP contribution in [0.1, 0.15) is 17.5 Å². The van der Waals surface area contributed by atoms with Crippen LogP contribution in [0.25, 0.3) is 11.1 Å². The Morgan fingerprint density at radius 3 is 2.08 bits per heavy atom. The van der Waals surface area contributed by atoms with Crippen LogP contribution in [0.2, 0.25) is 5.02 Å². The van der Waals surface area contributed by atoms with Gasteiger partial charge >= 0.3 is 0 Å². The van der Waals surface area contributed by atoms with Gasteiger partial charge < -0.3 is 4.74 Å². The summed E-state index contributed by atoms with van der Waals surface area (Å²) in [7, 11) is -2.49. The summed E-state index contributed by atoms with van der Waals surface area (Å²) in [6, 6.07) is 7.30. The molecule has 1 aliphatic carbocycles. The maximum Gasteiger partial charge on any atom is 0.181 e. The Morgan fingerprint density at radius 1 is 1.00 bits per heavy atom. The third kappa shape index (κ3) is 3.39. The molecule has 1 aliphatic rings. The molecule has 3 nitrogen and oxygen atoms in total. The van der Waals surface area contributed by atoms with Crippen LogP contribution in [0, 0.1) is 11.6 Å². The van der Waals surface area contributed by atoms with Crippen LogP contribution >= 0.6 is 11.6 Å². The molecule has 2 aromatic rings. The molecule has 0 aliphatic heterocycles. The Balaban J connectivity index is 2.05. The molecule has 3 rings (SSSR count). The van der Waals surface area contributed by atoms with Gasteiger partial charge in [0.15, 0.2) is 9.84 Å². The molecule has 0 unspecified atom stereocenters. The Bertz CT molecular complexity index is 1030. The van der Waals surface area contributed by atoms with Gasteiger partial charge in [0, 0.05) is 6.26 Å². The van der Waals surface area contributed by atoms with E-state index in [0.29, 0.717) is 22.8 Å². The Labute approximate surface area is 155 Å². The van der Waals surface area contributed by atoms with E-state index in [9.17, 15) is 17.2 Å². The smallest absolute Gasteiger partial charge is 0.181 e. The molecule has 0 saturated carbocycles. The van der Waals surface area contributed by atoms with Gasteiger partial charge in [0.1, 0.15) is 22.3 Å². The van der Waals surface area contributed by atoms with Crippen molar-refractivity contribution in [3.8, 4) is 5.75 Å². The molecule has 0 saturated heterocycles. The molecule has 0 spiro atoms. The lowest BCUT2D eigenvalue weighted by atomic mass is 9.95. The van der Waals surface area contributed by atoms with Gasteiger partial charge in [-0.15, -0.1) is 0 Å². The number of allylic oxidation sites excluding steroid dienone is 4. The van der Waals surface area contributed by atoms with Crippen molar-refractivity contribution in [1.82, 2.24) is 0 Å². The van der Waals surface area contributed by atoms with Crippen LogP contribution in [0.4, 0.5) is 8.78 Å². The number of benzene rings is 2. The quantitative estimate of drug-likeness (QED) is 0.738. The number of sulfone groups is 1. The Morgan fingerprint density at radius 2 is 1.58 bits per heavy atom. The first-order valence-corrected chi connectivity index (χ1v) is 9.93. The second-order valence-corrected chi connectivity index (χ2v) is 8.22. The van der Waals surface area contributed by atoms with Gasteiger partial charge in [-0.2, -0.15) is 0 Å². The molecular formula is C19H15ClF2O3S. The summed E-state index contributed by atoms with van der Waals surface area (Å²) in [5.74, 6) is -1.70. The highest BCUT2D eigenvalue weighted by molar-refractivity contribution is 7.90. The molecule has 0 heterocycles. The van der Waals surface area contributed by atoms with E-state index in [1.165, 1.54) is 7.11 Å². The monoisotopic (exact) mass is 396 g/mol. The van der Waals surface area contributed by atoms with Crippen molar-refractivity contribution in [2.75, 3.05) is 13.4 Å². The summed E-state index contributed by atoms with van der Waals surface area (Å²) in [6.45, 7) is 0. The van der Waals surface area contributed by atoms with Gasteiger partial charge in [-0.05, 0) is 53.0 Å². The lowest BCUT2D eigenvalue weighted by molar-refractivity contribution is 0.415. The van der Waals surface area contributed by atoms with Crippen LogP contribution in [0.3, 0.4) is 0 Å². The van der Waals surface area contributed by atoms with Gasteiger partial charge in [-0.1, -0.05) is 29.8 Å². The second kappa shape index (κ2) is 6.85. The van der Waals surface area contributed by atoms with E-state index in [-0.39, 0.29) is 5.56 Å². The van der Waals surface area contributed by atoms with Crippen LogP contribution in [0.5, 0.6) is 5.75 Å². The molecule has 0 aromatic heterocycles. The number of methoxy groups -OCH3 is 1. The third-order valence-corrected chi connectivity index (χ3v) is 5.50.